The van der Waals surface area contributed by atoms with Crippen molar-refractivity contribution in [2.24, 2.45) is 11.7 Å². The second-order valence-corrected chi connectivity index (χ2v) is 11.4. The Hall–Kier alpha value is -2.55. The average molecular weight is 548 g/mol. The number of nitrogens with two attached hydrogens (primary N) is 1. The van der Waals surface area contributed by atoms with E-state index in [-0.39, 0.29) is 11.8 Å². The Morgan fingerprint density at radius 1 is 1.11 bits per heavy atom. The maximum Gasteiger partial charge on any atom is 0.226 e. The van der Waals surface area contributed by atoms with Crippen LogP contribution in [-0.2, 0) is 4.79 Å². The topological polar surface area (TPSA) is 77.0 Å². The molecule has 1 saturated carbocycles. The van der Waals surface area contributed by atoms with Gasteiger partial charge in [-0.2, -0.15) is 5.10 Å². The van der Waals surface area contributed by atoms with E-state index in [1.54, 1.807) is 22.9 Å². The van der Waals surface area contributed by atoms with Crippen molar-refractivity contribution >= 4 is 29.1 Å². The van der Waals surface area contributed by atoms with E-state index in [9.17, 15) is 13.6 Å². The summed E-state index contributed by atoms with van der Waals surface area (Å²) in [7, 11) is 0. The Kier molecular flexibility index (Phi) is 7.02. The summed E-state index contributed by atoms with van der Waals surface area (Å²) in [6, 6.07) is 8.77. The zero-order valence-electron chi connectivity index (χ0n) is 20.7. The van der Waals surface area contributed by atoms with Gasteiger partial charge in [-0.05, 0) is 69.4 Å². The van der Waals surface area contributed by atoms with Crippen LogP contribution >= 0.6 is 23.2 Å². The quantitative estimate of drug-likeness (QED) is 0.449. The molecular formula is C27H29Cl2F2N5O. The van der Waals surface area contributed by atoms with Gasteiger partial charge < -0.3 is 10.6 Å². The van der Waals surface area contributed by atoms with E-state index in [0.29, 0.717) is 65.9 Å². The molecule has 6 nitrogen and oxygen atoms in total. The van der Waals surface area contributed by atoms with Crippen LogP contribution in [0, 0.1) is 24.5 Å². The molecule has 37 heavy (non-hydrogen) atoms. The van der Waals surface area contributed by atoms with Gasteiger partial charge in [0.25, 0.3) is 0 Å². The fourth-order valence-electron chi connectivity index (χ4n) is 5.87. The lowest BCUT2D eigenvalue weighted by atomic mass is 9.86. The molecule has 0 radical (unpaired) electrons. The van der Waals surface area contributed by atoms with Gasteiger partial charge in [0.1, 0.15) is 23.3 Å². The molecule has 5 rings (SSSR count). The normalized spacial score (nSPS) is 24.6. The van der Waals surface area contributed by atoms with Crippen molar-refractivity contribution < 1.29 is 13.6 Å². The highest BCUT2D eigenvalue weighted by Gasteiger charge is 2.46. The smallest absolute Gasteiger partial charge is 0.226 e. The number of carbonyl (C=O) groups is 1. The molecule has 1 aromatic heterocycles. The Labute approximate surface area is 224 Å². The first-order valence-electron chi connectivity index (χ1n) is 12.4. The van der Waals surface area contributed by atoms with Crippen LogP contribution in [0.1, 0.15) is 61.7 Å². The molecule has 0 unspecified atom stereocenters. The third kappa shape index (κ3) is 5.24. The molecular weight excluding hydrogens is 519 g/mol. The summed E-state index contributed by atoms with van der Waals surface area (Å²) in [6.07, 6.45) is 2.31. The summed E-state index contributed by atoms with van der Waals surface area (Å²) in [5.74, 6) is -0.655. The number of halogens is 4. The SMILES string of the molecule is Cc1nc(C2CCN(C(=O)[C@@H]3C[C@@](C)(N)C[C@H]3c3ccc(F)cc3F)CC2)n(-c2cc(Cl)ccc2Cl)n1. The lowest BCUT2D eigenvalue weighted by Gasteiger charge is -2.34. The predicted octanol–water partition coefficient (Wildman–Crippen LogP) is 5.78. The minimum atomic E-state index is -0.637. The molecule has 1 aliphatic carbocycles. The van der Waals surface area contributed by atoms with Crippen LogP contribution < -0.4 is 5.73 Å². The number of nitrogens with zero attached hydrogens (tertiary/aromatic N) is 4. The molecule has 2 N–H and O–H groups in total. The molecule has 1 saturated heterocycles. The summed E-state index contributed by atoms with van der Waals surface area (Å²) in [6.45, 7) is 4.79. The molecule has 2 heterocycles. The number of carbonyl (C=O) groups excluding carboxylic acids is 1. The highest BCUT2D eigenvalue weighted by Crippen LogP contribution is 2.46. The van der Waals surface area contributed by atoms with E-state index in [2.05, 4.69) is 10.1 Å². The zero-order valence-corrected chi connectivity index (χ0v) is 22.2. The molecule has 2 fully saturated rings. The summed E-state index contributed by atoms with van der Waals surface area (Å²) < 4.78 is 29.9. The van der Waals surface area contributed by atoms with Gasteiger partial charge in [-0.25, -0.2) is 18.4 Å². The maximum atomic E-state index is 14.7. The second kappa shape index (κ2) is 9.97. The summed E-state index contributed by atoms with van der Waals surface area (Å²) in [4.78, 5) is 20.2. The number of piperidine rings is 1. The molecule has 196 valence electrons. The van der Waals surface area contributed by atoms with E-state index in [4.69, 9.17) is 28.9 Å². The predicted molar refractivity (Wildman–Crippen MR) is 139 cm³/mol. The van der Waals surface area contributed by atoms with Gasteiger partial charge in [0, 0.05) is 47.5 Å². The first-order chi connectivity index (χ1) is 17.5. The van der Waals surface area contributed by atoms with Gasteiger partial charge in [-0.3, -0.25) is 4.79 Å². The van der Waals surface area contributed by atoms with Crippen molar-refractivity contribution in [1.82, 2.24) is 19.7 Å². The van der Waals surface area contributed by atoms with Crippen molar-refractivity contribution in [1.29, 1.82) is 0 Å². The molecule has 2 aliphatic rings. The molecule has 1 aliphatic heterocycles. The molecule has 3 atom stereocenters. The number of rotatable bonds is 4. The Balaban J connectivity index is 1.34. The van der Waals surface area contributed by atoms with Crippen LogP contribution in [0.25, 0.3) is 5.69 Å². The lowest BCUT2D eigenvalue weighted by molar-refractivity contribution is -0.137. The number of likely N-dealkylation sites (tertiary alicyclic amines) is 1. The van der Waals surface area contributed by atoms with Crippen molar-refractivity contribution in [3.05, 3.63) is 75.3 Å². The van der Waals surface area contributed by atoms with Crippen molar-refractivity contribution in [2.75, 3.05) is 13.1 Å². The standard InChI is InChI=1S/C27H29Cl2F2N5O/c1-15-33-25(36(34-15)24-11-17(28)3-6-22(24)29)16-7-9-35(10-8-16)26(37)21-14-27(2,32)13-20(21)19-5-4-18(30)12-23(19)31/h3-6,11-12,16,20-21H,7-10,13-14,32H2,1-2H3/t20-,21+,27-/m0/s1. The number of aryl methyl sites for hydroxylation is 1. The number of benzene rings is 2. The minimum Gasteiger partial charge on any atom is -0.342 e. The number of aromatic nitrogens is 3. The fraction of sp³-hybridized carbons (Fsp3) is 0.444. The fourth-order valence-corrected chi connectivity index (χ4v) is 6.24. The van der Waals surface area contributed by atoms with Crippen molar-refractivity contribution in [3.63, 3.8) is 0 Å². The van der Waals surface area contributed by atoms with Crippen molar-refractivity contribution in [2.45, 2.75) is 56.9 Å². The van der Waals surface area contributed by atoms with Crippen molar-refractivity contribution in [3.8, 4) is 5.69 Å². The largest absolute Gasteiger partial charge is 0.342 e. The molecule has 1 amide bonds. The summed E-state index contributed by atoms with van der Waals surface area (Å²) in [5, 5.41) is 5.63. The van der Waals surface area contributed by atoms with E-state index in [1.165, 1.54) is 12.1 Å². The zero-order chi connectivity index (χ0) is 26.5. The van der Waals surface area contributed by atoms with Gasteiger partial charge in [0.2, 0.25) is 5.91 Å². The Morgan fingerprint density at radius 3 is 2.54 bits per heavy atom. The second-order valence-electron chi connectivity index (χ2n) is 10.6. The van der Waals surface area contributed by atoms with Crippen LogP contribution in [0.5, 0.6) is 0 Å². The minimum absolute atomic E-state index is 0.0307. The third-order valence-electron chi connectivity index (χ3n) is 7.58. The first kappa shape index (κ1) is 26.1. The monoisotopic (exact) mass is 547 g/mol. The number of hydrogen-bond donors (Lipinski definition) is 1. The summed E-state index contributed by atoms with van der Waals surface area (Å²) in [5.41, 5.74) is 6.85. The molecule has 10 heteroatoms. The van der Waals surface area contributed by atoms with Crippen LogP contribution in [0.2, 0.25) is 10.0 Å². The number of amides is 1. The van der Waals surface area contributed by atoms with Gasteiger partial charge in [-0.15, -0.1) is 0 Å². The van der Waals surface area contributed by atoms with Gasteiger partial charge in [-0.1, -0.05) is 29.3 Å². The maximum absolute atomic E-state index is 14.7. The Morgan fingerprint density at radius 2 is 1.84 bits per heavy atom. The van der Waals surface area contributed by atoms with Gasteiger partial charge >= 0.3 is 0 Å². The van der Waals surface area contributed by atoms with E-state index in [1.807, 2.05) is 18.7 Å². The number of hydrogen-bond acceptors (Lipinski definition) is 4. The molecule has 0 bridgehead atoms. The Bertz CT molecular complexity index is 1340. The molecule has 3 aromatic rings. The van der Waals surface area contributed by atoms with E-state index >= 15 is 0 Å². The average Bonchev–Trinajstić information content (AvgIpc) is 3.39. The van der Waals surface area contributed by atoms with Crippen LogP contribution in [0.3, 0.4) is 0 Å². The van der Waals surface area contributed by atoms with E-state index in [0.717, 1.165) is 11.9 Å². The summed E-state index contributed by atoms with van der Waals surface area (Å²) >= 11 is 12.6. The van der Waals surface area contributed by atoms with Crippen LogP contribution in [-0.4, -0.2) is 44.2 Å². The van der Waals surface area contributed by atoms with Gasteiger partial charge in [0.15, 0.2) is 0 Å². The van der Waals surface area contributed by atoms with E-state index < -0.39 is 29.0 Å². The highest BCUT2D eigenvalue weighted by atomic mass is 35.5. The van der Waals surface area contributed by atoms with Gasteiger partial charge in [0.05, 0.1) is 10.7 Å². The van der Waals surface area contributed by atoms with Crippen LogP contribution in [0.15, 0.2) is 36.4 Å². The third-order valence-corrected chi connectivity index (χ3v) is 8.14. The van der Waals surface area contributed by atoms with Crippen LogP contribution in [0.4, 0.5) is 8.78 Å². The molecule has 2 aromatic carbocycles. The molecule has 0 spiro atoms. The highest BCUT2D eigenvalue weighted by molar-refractivity contribution is 6.34. The lowest BCUT2D eigenvalue weighted by Crippen LogP contribution is -2.43. The first-order valence-corrected chi connectivity index (χ1v) is 13.2.